The normalized spacial score (nSPS) is 15.3. The Hall–Kier alpha value is -1.55. The topological polar surface area (TPSA) is 55.8 Å². The molecule has 2 rings (SSSR count). The molecule has 1 aliphatic heterocycles. The van der Waals surface area contributed by atoms with Crippen molar-refractivity contribution < 1.29 is 19.4 Å². The zero-order valence-electron chi connectivity index (χ0n) is 11.7. The minimum absolute atomic E-state index is 0.294. The second-order valence-corrected chi connectivity index (χ2v) is 3.07. The number of hydrogen-bond donors (Lipinski definition) is 1. The lowest BCUT2D eigenvalue weighted by molar-refractivity contribution is -0.0367. The van der Waals surface area contributed by atoms with Crippen LogP contribution in [0.15, 0.2) is 18.2 Å². The van der Waals surface area contributed by atoms with Gasteiger partial charge in [-0.25, -0.2) is 4.79 Å². The number of fused-ring (bicyclic) bond motifs is 1. The minimum atomic E-state index is -0.929. The van der Waals surface area contributed by atoms with Gasteiger partial charge < -0.3 is 14.6 Å². The average molecular weight is 254 g/mol. The van der Waals surface area contributed by atoms with Gasteiger partial charge in [-0.15, -0.1) is 0 Å². The first-order valence-electron chi connectivity index (χ1n) is 6.27. The second kappa shape index (κ2) is 8.53. The molecule has 0 radical (unpaired) electrons. The van der Waals surface area contributed by atoms with Gasteiger partial charge in [0, 0.05) is 19.1 Å². The Morgan fingerprint density at radius 3 is 2.44 bits per heavy atom. The first-order chi connectivity index (χ1) is 8.72. The van der Waals surface area contributed by atoms with Gasteiger partial charge in [0.2, 0.25) is 6.29 Å². The summed E-state index contributed by atoms with van der Waals surface area (Å²) >= 11 is 0. The lowest BCUT2D eigenvalue weighted by Gasteiger charge is -2.06. The van der Waals surface area contributed by atoms with E-state index in [-0.39, 0.29) is 6.29 Å². The van der Waals surface area contributed by atoms with E-state index >= 15 is 0 Å². The number of ether oxygens (including phenoxy) is 2. The predicted molar refractivity (Wildman–Crippen MR) is 71.2 cm³/mol. The van der Waals surface area contributed by atoms with Crippen molar-refractivity contribution in [1.82, 2.24) is 0 Å². The van der Waals surface area contributed by atoms with Gasteiger partial charge in [0.1, 0.15) is 5.75 Å². The van der Waals surface area contributed by atoms with Crippen molar-refractivity contribution in [1.29, 1.82) is 0 Å². The van der Waals surface area contributed by atoms with Gasteiger partial charge in [-0.1, -0.05) is 33.8 Å². The van der Waals surface area contributed by atoms with Crippen LogP contribution in [0.5, 0.6) is 5.75 Å². The Morgan fingerprint density at radius 2 is 1.94 bits per heavy atom. The summed E-state index contributed by atoms with van der Waals surface area (Å²) in [6.07, 6.45) is 0.138. The molecule has 0 saturated carbocycles. The van der Waals surface area contributed by atoms with Crippen LogP contribution in [0.25, 0.3) is 0 Å². The Kier molecular flexibility index (Phi) is 7.79. The van der Waals surface area contributed by atoms with E-state index in [9.17, 15) is 4.79 Å². The molecule has 1 aliphatic rings. The monoisotopic (exact) mass is 254 g/mol. The number of carboxylic acid groups (broad SMARTS) is 1. The van der Waals surface area contributed by atoms with Crippen LogP contribution in [-0.4, -0.2) is 24.5 Å². The Balaban J connectivity index is 0.000000659. The van der Waals surface area contributed by atoms with Crippen molar-refractivity contribution in [2.45, 2.75) is 40.4 Å². The molecule has 1 unspecified atom stereocenters. The van der Waals surface area contributed by atoms with Crippen LogP contribution >= 0.6 is 0 Å². The molecule has 0 aliphatic carbocycles. The third-order valence-electron chi connectivity index (χ3n) is 2.26. The molecule has 1 atom stereocenters. The Labute approximate surface area is 109 Å². The molecule has 0 spiro atoms. The number of rotatable bonds is 2. The summed E-state index contributed by atoms with van der Waals surface area (Å²) in [7, 11) is 1.54. The Morgan fingerprint density at radius 1 is 1.33 bits per heavy atom. The largest absolute Gasteiger partial charge is 0.478 e. The second-order valence-electron chi connectivity index (χ2n) is 3.07. The SMILES string of the molecule is CC.CC.COC1Cc2c(cccc2C(=O)O)O1. The average Bonchev–Trinajstić information content (AvgIpc) is 2.85. The molecule has 4 nitrogen and oxygen atoms in total. The summed E-state index contributed by atoms with van der Waals surface area (Å²) in [5.74, 6) is -0.320. The number of methoxy groups -OCH3 is 1. The predicted octanol–water partition coefficient (Wildman–Crippen LogP) is 3.34. The van der Waals surface area contributed by atoms with E-state index < -0.39 is 5.97 Å². The molecule has 0 amide bonds. The van der Waals surface area contributed by atoms with Crippen LogP contribution in [0.1, 0.15) is 43.6 Å². The van der Waals surface area contributed by atoms with E-state index in [4.69, 9.17) is 14.6 Å². The molecule has 0 bridgehead atoms. The minimum Gasteiger partial charge on any atom is -0.478 e. The fraction of sp³-hybridized carbons (Fsp3) is 0.500. The highest BCUT2D eigenvalue weighted by Crippen LogP contribution is 2.31. The molecule has 0 saturated heterocycles. The number of benzene rings is 1. The maximum Gasteiger partial charge on any atom is 0.336 e. The molecule has 1 aromatic carbocycles. The van der Waals surface area contributed by atoms with Gasteiger partial charge in [-0.2, -0.15) is 0 Å². The van der Waals surface area contributed by atoms with Gasteiger partial charge in [-0.05, 0) is 12.1 Å². The first kappa shape index (κ1) is 16.4. The molecule has 0 fully saturated rings. The summed E-state index contributed by atoms with van der Waals surface area (Å²) in [6.45, 7) is 8.00. The van der Waals surface area contributed by atoms with Gasteiger partial charge in [0.05, 0.1) is 5.56 Å². The fourth-order valence-electron chi connectivity index (χ4n) is 1.57. The van der Waals surface area contributed by atoms with Gasteiger partial charge in [0.15, 0.2) is 0 Å². The Bertz CT molecular complexity index is 374. The fourth-order valence-corrected chi connectivity index (χ4v) is 1.57. The van der Waals surface area contributed by atoms with Gasteiger partial charge in [0.25, 0.3) is 0 Å². The van der Waals surface area contributed by atoms with Crippen LogP contribution in [0, 0.1) is 0 Å². The number of carboxylic acids is 1. The molecule has 102 valence electrons. The van der Waals surface area contributed by atoms with Crippen molar-refractivity contribution in [2.75, 3.05) is 7.11 Å². The highest BCUT2D eigenvalue weighted by molar-refractivity contribution is 5.90. The lowest BCUT2D eigenvalue weighted by Crippen LogP contribution is -2.14. The molecular formula is C14H22O4. The molecule has 4 heteroatoms. The first-order valence-corrected chi connectivity index (χ1v) is 6.27. The summed E-state index contributed by atoms with van der Waals surface area (Å²) in [5, 5.41) is 8.91. The molecule has 1 N–H and O–H groups in total. The van der Waals surface area contributed by atoms with Crippen molar-refractivity contribution in [3.8, 4) is 5.75 Å². The summed E-state index contributed by atoms with van der Waals surface area (Å²) < 4.78 is 10.4. The van der Waals surface area contributed by atoms with Crippen molar-refractivity contribution in [2.24, 2.45) is 0 Å². The van der Waals surface area contributed by atoms with E-state index in [1.807, 2.05) is 27.7 Å². The summed E-state index contributed by atoms with van der Waals surface area (Å²) in [6, 6.07) is 4.99. The third-order valence-corrected chi connectivity index (χ3v) is 2.26. The number of hydrogen-bond acceptors (Lipinski definition) is 3. The molecule has 1 heterocycles. The smallest absolute Gasteiger partial charge is 0.336 e. The lowest BCUT2D eigenvalue weighted by atomic mass is 10.1. The number of aromatic carboxylic acids is 1. The van der Waals surface area contributed by atoms with E-state index in [0.29, 0.717) is 23.3 Å². The number of carbonyl (C=O) groups is 1. The summed E-state index contributed by atoms with van der Waals surface area (Å²) in [4.78, 5) is 10.9. The maximum absolute atomic E-state index is 10.9. The van der Waals surface area contributed by atoms with Crippen LogP contribution in [0.2, 0.25) is 0 Å². The summed E-state index contributed by atoms with van der Waals surface area (Å²) in [5.41, 5.74) is 1.01. The van der Waals surface area contributed by atoms with Crippen LogP contribution in [0.3, 0.4) is 0 Å². The zero-order valence-corrected chi connectivity index (χ0v) is 11.7. The van der Waals surface area contributed by atoms with Crippen LogP contribution in [-0.2, 0) is 11.2 Å². The van der Waals surface area contributed by atoms with E-state index in [1.54, 1.807) is 18.2 Å². The highest BCUT2D eigenvalue weighted by Gasteiger charge is 2.26. The van der Waals surface area contributed by atoms with Crippen molar-refractivity contribution in [3.05, 3.63) is 29.3 Å². The quantitative estimate of drug-likeness (QED) is 0.879. The van der Waals surface area contributed by atoms with Crippen LogP contribution in [0.4, 0.5) is 0 Å². The van der Waals surface area contributed by atoms with E-state index in [1.165, 1.54) is 7.11 Å². The zero-order chi connectivity index (χ0) is 14.1. The van der Waals surface area contributed by atoms with Gasteiger partial charge in [-0.3, -0.25) is 0 Å². The molecule has 0 aromatic heterocycles. The van der Waals surface area contributed by atoms with Crippen LogP contribution < -0.4 is 4.74 Å². The molecule has 1 aromatic rings. The maximum atomic E-state index is 10.9. The molecule has 18 heavy (non-hydrogen) atoms. The molecular weight excluding hydrogens is 232 g/mol. The third kappa shape index (κ3) is 3.74. The van der Waals surface area contributed by atoms with E-state index in [2.05, 4.69) is 0 Å². The van der Waals surface area contributed by atoms with E-state index in [0.717, 1.165) is 0 Å². The van der Waals surface area contributed by atoms with Gasteiger partial charge >= 0.3 is 5.97 Å². The van der Waals surface area contributed by atoms with Crippen molar-refractivity contribution >= 4 is 5.97 Å². The highest BCUT2D eigenvalue weighted by atomic mass is 16.7. The standard InChI is InChI=1S/C10H10O4.2C2H6/c1-13-9-5-7-6(10(11)12)3-2-4-8(7)14-9;2*1-2/h2-4,9H,5H2,1H3,(H,11,12);2*1-2H3. The van der Waals surface area contributed by atoms with Crippen molar-refractivity contribution in [3.63, 3.8) is 0 Å².